The van der Waals surface area contributed by atoms with E-state index in [4.69, 9.17) is 13.8 Å². The fourth-order valence-corrected chi connectivity index (χ4v) is 10.3. The number of ether oxygens (including phenoxy) is 1. The molecule has 0 aliphatic carbocycles. The minimum Gasteiger partial charge on any atom is -0.456 e. The number of carbonyl (C=O) groups excluding carboxylic acids is 2. The highest BCUT2D eigenvalue weighted by molar-refractivity contribution is 7.47. The second-order valence-electron chi connectivity index (χ2n) is 24.3. The monoisotopic (exact) mass is 1200 g/mol. The molecule has 2 N–H and O–H groups in total. The van der Waals surface area contributed by atoms with Gasteiger partial charge in [-0.15, -0.1) is 0 Å². The first-order chi connectivity index (χ1) is 41.4. The number of hydrogen-bond acceptors (Lipinski definition) is 6. The third-order valence-corrected chi connectivity index (χ3v) is 15.9. The van der Waals surface area contributed by atoms with Gasteiger partial charge in [-0.2, -0.15) is 0 Å². The number of likely N-dealkylation sites (N-methyl/N-ethyl adjacent to an activating group) is 1. The summed E-state index contributed by atoms with van der Waals surface area (Å²) in [6.07, 6.45) is 89.1. The van der Waals surface area contributed by atoms with Crippen LogP contribution in [0.5, 0.6) is 0 Å². The molecule has 85 heavy (non-hydrogen) atoms. The van der Waals surface area contributed by atoms with E-state index >= 15 is 0 Å². The average Bonchev–Trinajstić information content (AvgIpc) is 3.48. The van der Waals surface area contributed by atoms with E-state index in [1.807, 2.05) is 33.3 Å². The molecule has 0 aromatic rings. The number of phosphoric ester groups is 1. The van der Waals surface area contributed by atoms with Gasteiger partial charge in [0.2, 0.25) is 5.91 Å². The third-order valence-electron chi connectivity index (χ3n) is 14.9. The lowest BCUT2D eigenvalue weighted by Gasteiger charge is -2.27. The van der Waals surface area contributed by atoms with Crippen molar-refractivity contribution < 1.29 is 37.3 Å². The number of hydrogen-bond donors (Lipinski definition) is 2. The highest BCUT2D eigenvalue weighted by atomic mass is 31.2. The fourth-order valence-electron chi connectivity index (χ4n) is 9.54. The Morgan fingerprint density at radius 3 is 1.15 bits per heavy atom. The minimum absolute atomic E-state index is 0.0295. The Morgan fingerprint density at radius 2 is 0.753 bits per heavy atom. The van der Waals surface area contributed by atoms with Crippen molar-refractivity contribution in [1.29, 1.82) is 0 Å². The largest absolute Gasteiger partial charge is 0.472 e. The van der Waals surface area contributed by atoms with Gasteiger partial charge in [0.1, 0.15) is 19.3 Å². The van der Waals surface area contributed by atoms with Gasteiger partial charge in [-0.1, -0.05) is 277 Å². The van der Waals surface area contributed by atoms with Crippen LogP contribution in [-0.2, 0) is 27.9 Å². The van der Waals surface area contributed by atoms with Gasteiger partial charge in [0, 0.05) is 12.8 Å². The molecule has 0 saturated heterocycles. The molecule has 0 aromatic heterocycles. The van der Waals surface area contributed by atoms with Crippen LogP contribution < -0.4 is 5.32 Å². The van der Waals surface area contributed by atoms with Gasteiger partial charge in [0.05, 0.1) is 33.8 Å². The van der Waals surface area contributed by atoms with Crippen LogP contribution >= 0.6 is 7.82 Å². The number of unbranched alkanes of at least 4 members (excludes halogenated alkanes) is 28. The molecule has 0 radical (unpaired) electrons. The predicted octanol–water partition coefficient (Wildman–Crippen LogP) is 22.2. The molecular weight excluding hydrogens is 1070 g/mol. The number of rotatable bonds is 62. The van der Waals surface area contributed by atoms with E-state index in [0.717, 1.165) is 135 Å². The molecule has 0 spiro atoms. The molecule has 0 aliphatic rings. The molecule has 0 aliphatic heterocycles. The normalized spacial score (nSPS) is 14.3. The van der Waals surface area contributed by atoms with Crippen molar-refractivity contribution >= 4 is 19.7 Å². The van der Waals surface area contributed by atoms with Gasteiger partial charge >= 0.3 is 13.8 Å². The summed E-state index contributed by atoms with van der Waals surface area (Å²) in [5, 5.41) is 3.06. The zero-order valence-electron chi connectivity index (χ0n) is 55.8. The summed E-state index contributed by atoms with van der Waals surface area (Å²) in [5.74, 6) is -0.536. The van der Waals surface area contributed by atoms with Crippen molar-refractivity contribution in [3.63, 3.8) is 0 Å². The number of esters is 1. The number of nitrogens with zero attached hydrogens (tertiary/aromatic N) is 1. The number of nitrogens with one attached hydrogen (secondary N) is 1. The second-order valence-corrected chi connectivity index (χ2v) is 25.8. The van der Waals surface area contributed by atoms with Gasteiger partial charge in [-0.05, 0) is 122 Å². The predicted molar refractivity (Wildman–Crippen MR) is 369 cm³/mol. The Hall–Kier alpha value is -3.59. The highest BCUT2D eigenvalue weighted by Gasteiger charge is 2.30. The first-order valence-electron chi connectivity index (χ1n) is 34.9. The van der Waals surface area contributed by atoms with Gasteiger partial charge in [-0.3, -0.25) is 18.6 Å². The minimum atomic E-state index is -4.47. The standard InChI is InChI=1S/C75H131N2O7P/c1-7-10-13-16-19-22-25-28-30-32-34-36-37-38-39-41-42-44-46-49-52-55-58-61-64-67-74(78)76-72(71-83-85(80,81)82-70-69-77(4,5)6)73(66-63-60-57-54-51-48-27-24-21-18-15-12-9-3)84-75(79)68-65-62-59-56-53-50-47-45-43-40-35-33-31-29-26-23-20-17-14-11-8-2/h11,14,19-20,22-23,28-31,34-36,38-40,45,47,63,66,72-73H,7-10,12-13,15-18,21,24-27,32-33,37,41-44,46,48-62,64-65,67-71H2,1-6H3,(H-,76,78,80,81)/p+1/b14-11-,22-19-,23-20-,30-28-,31-29-,36-34-,39-38-,40-35-,47-45-,66-63-. The number of quaternary nitrogens is 1. The zero-order valence-corrected chi connectivity index (χ0v) is 56.7. The Labute approximate surface area is 524 Å². The van der Waals surface area contributed by atoms with Crippen LogP contribution in [0.3, 0.4) is 0 Å². The molecule has 9 nitrogen and oxygen atoms in total. The maximum absolute atomic E-state index is 13.6. The van der Waals surface area contributed by atoms with Crippen LogP contribution in [0.25, 0.3) is 0 Å². The van der Waals surface area contributed by atoms with Crippen molar-refractivity contribution in [3.05, 3.63) is 122 Å². The lowest BCUT2D eigenvalue weighted by molar-refractivity contribution is -0.870. The van der Waals surface area contributed by atoms with Gasteiger partial charge in [-0.25, -0.2) is 4.57 Å². The second kappa shape index (κ2) is 63.4. The van der Waals surface area contributed by atoms with Crippen molar-refractivity contribution in [2.75, 3.05) is 40.9 Å². The van der Waals surface area contributed by atoms with Crippen LogP contribution in [0.1, 0.15) is 290 Å². The van der Waals surface area contributed by atoms with Crippen molar-refractivity contribution in [2.45, 2.75) is 303 Å². The molecule has 488 valence electrons. The van der Waals surface area contributed by atoms with E-state index in [9.17, 15) is 19.0 Å². The van der Waals surface area contributed by atoms with Crippen LogP contribution in [0, 0.1) is 0 Å². The number of amides is 1. The number of carbonyl (C=O) groups is 2. The molecule has 3 unspecified atom stereocenters. The summed E-state index contributed by atoms with van der Waals surface area (Å²) in [5.41, 5.74) is 0. The van der Waals surface area contributed by atoms with Gasteiger partial charge in [0.15, 0.2) is 0 Å². The first-order valence-corrected chi connectivity index (χ1v) is 36.4. The summed E-state index contributed by atoms with van der Waals surface area (Å²) in [7, 11) is 1.47. The Balaban J connectivity index is 5.20. The molecule has 10 heteroatoms. The molecule has 0 heterocycles. The zero-order chi connectivity index (χ0) is 62.1. The summed E-state index contributed by atoms with van der Waals surface area (Å²) in [6.45, 7) is 6.86. The van der Waals surface area contributed by atoms with E-state index in [0.29, 0.717) is 23.9 Å². The van der Waals surface area contributed by atoms with Crippen LogP contribution in [0.2, 0.25) is 0 Å². The Bertz CT molecular complexity index is 1870. The number of phosphoric acid groups is 1. The maximum atomic E-state index is 13.6. The van der Waals surface area contributed by atoms with E-state index in [-0.39, 0.29) is 31.5 Å². The smallest absolute Gasteiger partial charge is 0.456 e. The molecule has 1 amide bonds. The average molecular weight is 1200 g/mol. The lowest BCUT2D eigenvalue weighted by atomic mass is 10.0. The van der Waals surface area contributed by atoms with Crippen molar-refractivity contribution in [1.82, 2.24) is 5.32 Å². The van der Waals surface area contributed by atoms with Gasteiger partial charge < -0.3 is 19.4 Å². The van der Waals surface area contributed by atoms with Crippen molar-refractivity contribution in [2.24, 2.45) is 0 Å². The Morgan fingerprint density at radius 1 is 0.424 bits per heavy atom. The van der Waals surface area contributed by atoms with E-state index in [1.54, 1.807) is 0 Å². The molecule has 0 rings (SSSR count). The first kappa shape index (κ1) is 81.4. The van der Waals surface area contributed by atoms with Crippen LogP contribution in [0.4, 0.5) is 0 Å². The fraction of sp³-hybridized carbons (Fsp3) is 0.707. The third kappa shape index (κ3) is 64.7. The number of allylic oxidation sites excluding steroid dienone is 19. The van der Waals surface area contributed by atoms with E-state index in [2.05, 4.69) is 135 Å². The molecular formula is C75H132N2O7P+. The summed E-state index contributed by atoms with van der Waals surface area (Å²) < 4.78 is 30.8. The van der Waals surface area contributed by atoms with E-state index < -0.39 is 20.0 Å². The van der Waals surface area contributed by atoms with E-state index in [1.165, 1.54) is 116 Å². The van der Waals surface area contributed by atoms with Crippen LogP contribution in [-0.4, -0.2) is 74.3 Å². The lowest BCUT2D eigenvalue weighted by Crippen LogP contribution is -2.47. The SMILES string of the molecule is CC/C=C\C/C=C\C/C=C\C/C=C\C/C=C\CCCCCCCC(=O)OC(/C=C\CCCCCCCCCCCCC)C(COP(=O)(O)OCC[N+](C)(C)C)NC(=O)CCCCCCCCCCC/C=C\C/C=C\C/C=C\C/C=C\CCCCC. The molecule has 0 fully saturated rings. The van der Waals surface area contributed by atoms with Crippen molar-refractivity contribution in [3.8, 4) is 0 Å². The highest BCUT2D eigenvalue weighted by Crippen LogP contribution is 2.43. The maximum Gasteiger partial charge on any atom is 0.472 e. The molecule has 0 bridgehead atoms. The summed E-state index contributed by atoms with van der Waals surface area (Å²) in [4.78, 5) is 37.9. The Kier molecular flexibility index (Phi) is 60.8. The van der Waals surface area contributed by atoms with Crippen LogP contribution in [0.15, 0.2) is 122 Å². The quantitative estimate of drug-likeness (QED) is 0.0205. The summed E-state index contributed by atoms with van der Waals surface area (Å²) >= 11 is 0. The molecule has 0 aromatic carbocycles. The molecule has 0 saturated carbocycles. The topological polar surface area (TPSA) is 111 Å². The summed E-state index contributed by atoms with van der Waals surface area (Å²) in [6, 6.07) is -0.870. The van der Waals surface area contributed by atoms with Gasteiger partial charge in [0.25, 0.3) is 0 Å². The molecule has 3 atom stereocenters.